The molecular formula is C5H7N5O3. The normalized spacial score (nSPS) is 10.5. The molecule has 1 aromatic heterocycles. The number of primary amides is 1. The third kappa shape index (κ3) is 2.15. The van der Waals surface area contributed by atoms with Crippen LogP contribution in [0.1, 0.15) is 11.4 Å². The first-order valence-electron chi connectivity index (χ1n) is 3.26. The molecule has 3 N–H and O–H groups in total. The van der Waals surface area contributed by atoms with Gasteiger partial charge in [-0.25, -0.2) is 10.2 Å². The average Bonchev–Trinajstić information content (AvgIpc) is 2.34. The average molecular weight is 185 g/mol. The lowest BCUT2D eigenvalue weighted by Crippen LogP contribution is -2.29. The highest BCUT2D eigenvalue weighted by molar-refractivity contribution is 5.78. The van der Waals surface area contributed by atoms with Crippen LogP contribution in [0.5, 0.6) is 0 Å². The van der Waals surface area contributed by atoms with Crippen molar-refractivity contribution in [3.8, 4) is 0 Å². The first-order chi connectivity index (χ1) is 6.11. The molecule has 0 saturated heterocycles. The zero-order valence-corrected chi connectivity index (χ0v) is 6.72. The Labute approximate surface area is 72.5 Å². The van der Waals surface area contributed by atoms with E-state index in [0.29, 0.717) is 5.69 Å². The van der Waals surface area contributed by atoms with E-state index in [1.807, 2.05) is 5.43 Å². The molecule has 0 spiro atoms. The molecule has 70 valence electrons. The fraction of sp³-hybridized carbons (Fsp3) is 0.200. The lowest BCUT2D eigenvalue weighted by molar-refractivity contribution is -0.803. The van der Waals surface area contributed by atoms with Crippen LogP contribution in [0.15, 0.2) is 9.73 Å². The maximum Gasteiger partial charge on any atom is 0.332 e. The summed E-state index contributed by atoms with van der Waals surface area (Å²) in [5.41, 5.74) is 7.12. The van der Waals surface area contributed by atoms with Crippen molar-refractivity contribution < 1.29 is 14.3 Å². The van der Waals surface area contributed by atoms with Gasteiger partial charge in [0.2, 0.25) is 11.4 Å². The van der Waals surface area contributed by atoms with E-state index in [9.17, 15) is 10.0 Å². The van der Waals surface area contributed by atoms with Crippen molar-refractivity contribution in [1.82, 2.24) is 10.6 Å². The minimum Gasteiger partial charge on any atom is -0.359 e. The summed E-state index contributed by atoms with van der Waals surface area (Å²) in [5, 5.41) is 17.5. The van der Waals surface area contributed by atoms with Crippen molar-refractivity contribution in [1.29, 1.82) is 0 Å². The van der Waals surface area contributed by atoms with Gasteiger partial charge in [0.1, 0.15) is 6.21 Å². The van der Waals surface area contributed by atoms with E-state index in [-0.39, 0.29) is 10.6 Å². The number of hydrogen-bond donors (Lipinski definition) is 2. The van der Waals surface area contributed by atoms with Crippen LogP contribution >= 0.6 is 0 Å². The molecule has 13 heavy (non-hydrogen) atoms. The highest BCUT2D eigenvalue weighted by atomic mass is 16.8. The first-order valence-corrected chi connectivity index (χ1v) is 3.26. The highest BCUT2D eigenvalue weighted by Gasteiger charge is 2.11. The van der Waals surface area contributed by atoms with Gasteiger partial charge in [0.05, 0.1) is 0 Å². The molecule has 0 saturated carbocycles. The smallest absolute Gasteiger partial charge is 0.332 e. The number of carbonyl (C=O) groups excluding carboxylic acids is 1. The summed E-state index contributed by atoms with van der Waals surface area (Å²) in [7, 11) is 0. The molecule has 0 bridgehead atoms. The van der Waals surface area contributed by atoms with E-state index in [1.54, 1.807) is 6.92 Å². The number of urea groups is 1. The van der Waals surface area contributed by atoms with E-state index in [0.717, 1.165) is 6.21 Å². The standard InChI is InChI=1S/C5H7N5O3/c1-3-4(10(12)13-9-3)2-7-8-5(6)11/h2H,1H3,(H3,6,8,11)/b7-2+. The Morgan fingerprint density at radius 3 is 3.08 bits per heavy atom. The maximum absolute atomic E-state index is 10.8. The number of nitrogens with one attached hydrogen (secondary N) is 1. The predicted octanol–water partition coefficient (Wildman–Crippen LogP) is -1.38. The number of carbonyl (C=O) groups is 1. The van der Waals surface area contributed by atoms with E-state index in [1.165, 1.54) is 0 Å². The molecule has 0 aliphatic heterocycles. The van der Waals surface area contributed by atoms with Crippen molar-refractivity contribution in [2.45, 2.75) is 6.92 Å². The van der Waals surface area contributed by atoms with Crippen molar-refractivity contribution >= 4 is 12.2 Å². The summed E-state index contributed by atoms with van der Waals surface area (Å²) in [4.78, 5) is 10.3. The van der Waals surface area contributed by atoms with Crippen LogP contribution in [-0.4, -0.2) is 17.4 Å². The Balaban J connectivity index is 2.73. The molecule has 0 atom stereocenters. The van der Waals surface area contributed by atoms with Crippen molar-refractivity contribution in [2.75, 3.05) is 0 Å². The van der Waals surface area contributed by atoms with E-state index in [4.69, 9.17) is 5.73 Å². The van der Waals surface area contributed by atoms with Crippen molar-refractivity contribution in [2.24, 2.45) is 10.8 Å². The van der Waals surface area contributed by atoms with Gasteiger partial charge in [-0.3, -0.25) is 4.63 Å². The van der Waals surface area contributed by atoms with Gasteiger partial charge in [0, 0.05) is 12.1 Å². The molecule has 8 heteroatoms. The van der Waals surface area contributed by atoms with Crippen LogP contribution in [0.3, 0.4) is 0 Å². The Morgan fingerprint density at radius 2 is 2.62 bits per heavy atom. The quantitative estimate of drug-likeness (QED) is 0.335. The molecule has 0 fully saturated rings. The van der Waals surface area contributed by atoms with Crippen molar-refractivity contribution in [3.63, 3.8) is 0 Å². The second-order valence-electron chi connectivity index (χ2n) is 2.13. The molecule has 1 heterocycles. The third-order valence-electron chi connectivity index (χ3n) is 1.18. The molecule has 1 aromatic rings. The molecule has 0 aromatic carbocycles. The second-order valence-corrected chi connectivity index (χ2v) is 2.13. The number of rotatable bonds is 2. The fourth-order valence-corrected chi connectivity index (χ4v) is 0.619. The van der Waals surface area contributed by atoms with Gasteiger partial charge in [-0.1, -0.05) is 0 Å². The molecule has 1 rings (SSSR count). The summed E-state index contributed by atoms with van der Waals surface area (Å²) in [6.07, 6.45) is 1.09. The number of amides is 2. The number of aryl methyl sites for hydroxylation is 1. The zero-order valence-electron chi connectivity index (χ0n) is 6.72. The summed E-state index contributed by atoms with van der Waals surface area (Å²) >= 11 is 0. The molecule has 2 amide bonds. The van der Waals surface area contributed by atoms with Gasteiger partial charge in [-0.2, -0.15) is 5.10 Å². The number of hydrogen-bond acceptors (Lipinski definition) is 5. The Bertz CT molecular complexity index is 324. The minimum absolute atomic E-state index is 0.105. The molecule has 0 radical (unpaired) electrons. The SMILES string of the molecule is Cc1no[n+]([O-])c1/C=N/NC(N)=O. The molecule has 0 aliphatic carbocycles. The summed E-state index contributed by atoms with van der Waals surface area (Å²) in [5.74, 6) is 0. The monoisotopic (exact) mass is 185 g/mol. The number of hydrazone groups is 1. The van der Waals surface area contributed by atoms with Gasteiger partial charge < -0.3 is 10.9 Å². The minimum atomic E-state index is -0.817. The lowest BCUT2D eigenvalue weighted by atomic mass is 10.4. The predicted molar refractivity (Wildman–Crippen MR) is 40.5 cm³/mol. The molecule has 0 unspecified atom stereocenters. The first kappa shape index (κ1) is 8.97. The number of nitrogens with two attached hydrogens (primary N) is 1. The Morgan fingerprint density at radius 1 is 1.92 bits per heavy atom. The zero-order chi connectivity index (χ0) is 9.84. The van der Waals surface area contributed by atoms with Crippen LogP contribution < -0.4 is 16.1 Å². The van der Waals surface area contributed by atoms with Gasteiger partial charge in [-0.05, 0) is 4.90 Å². The molecule has 8 nitrogen and oxygen atoms in total. The summed E-state index contributed by atoms with van der Waals surface area (Å²) in [6.45, 7) is 1.56. The maximum atomic E-state index is 10.8. The van der Waals surface area contributed by atoms with Gasteiger partial charge in [0.15, 0.2) is 0 Å². The Hall–Kier alpha value is -2.12. The third-order valence-corrected chi connectivity index (χ3v) is 1.18. The van der Waals surface area contributed by atoms with Crippen molar-refractivity contribution in [3.05, 3.63) is 16.6 Å². The number of nitrogens with zero attached hydrogens (tertiary/aromatic N) is 3. The molecular weight excluding hydrogens is 178 g/mol. The van der Waals surface area contributed by atoms with E-state index < -0.39 is 6.03 Å². The topological polar surface area (TPSA) is 120 Å². The van der Waals surface area contributed by atoms with Crippen LogP contribution in [-0.2, 0) is 0 Å². The lowest BCUT2D eigenvalue weighted by Gasteiger charge is -1.89. The molecule has 0 aliphatic rings. The van der Waals surface area contributed by atoms with Crippen LogP contribution in [0.4, 0.5) is 4.79 Å². The Kier molecular flexibility index (Phi) is 2.43. The van der Waals surface area contributed by atoms with E-state index in [2.05, 4.69) is 14.9 Å². The second kappa shape index (κ2) is 3.52. The number of aromatic nitrogens is 2. The largest absolute Gasteiger partial charge is 0.359 e. The highest BCUT2D eigenvalue weighted by Crippen LogP contribution is 1.92. The van der Waals surface area contributed by atoms with E-state index >= 15 is 0 Å². The van der Waals surface area contributed by atoms with Crippen LogP contribution in [0.2, 0.25) is 0 Å². The fourth-order valence-electron chi connectivity index (χ4n) is 0.619. The van der Waals surface area contributed by atoms with Gasteiger partial charge >= 0.3 is 6.03 Å². The summed E-state index contributed by atoms with van der Waals surface area (Å²) < 4.78 is 4.23. The van der Waals surface area contributed by atoms with Crippen LogP contribution in [0.25, 0.3) is 0 Å². The van der Waals surface area contributed by atoms with Gasteiger partial charge in [0.25, 0.3) is 0 Å². The van der Waals surface area contributed by atoms with Gasteiger partial charge in [-0.15, -0.1) is 0 Å². The summed E-state index contributed by atoms with van der Waals surface area (Å²) in [6, 6.07) is -0.817. The van der Waals surface area contributed by atoms with Crippen LogP contribution in [0, 0.1) is 12.1 Å².